The minimum Gasteiger partial charge on any atom is -0.480 e. The van der Waals surface area contributed by atoms with E-state index in [2.05, 4.69) is 0 Å². The molecular formula is C19H21NO6S3. The zero-order valence-corrected chi connectivity index (χ0v) is 18.3. The molecule has 1 saturated heterocycles. The molecule has 1 aromatic rings. The number of ether oxygens (including phenoxy) is 1. The van der Waals surface area contributed by atoms with E-state index >= 15 is 0 Å². The van der Waals surface area contributed by atoms with Crippen molar-refractivity contribution in [2.75, 3.05) is 12.0 Å². The number of amides is 1. The second kappa shape index (κ2) is 10.7. The minimum absolute atomic E-state index is 0.207. The minimum atomic E-state index is -1.09. The van der Waals surface area contributed by atoms with Crippen molar-refractivity contribution < 1.29 is 29.3 Å². The number of carboxylic acid groups (broad SMARTS) is 2. The molecule has 29 heavy (non-hydrogen) atoms. The molecule has 2 atom stereocenters. The molecule has 0 radical (unpaired) electrons. The third-order valence-electron chi connectivity index (χ3n) is 4.10. The largest absolute Gasteiger partial charge is 0.480 e. The van der Waals surface area contributed by atoms with Crippen LogP contribution in [0.5, 0.6) is 5.75 Å². The topological polar surface area (TPSA) is 104 Å². The molecule has 1 heterocycles. The van der Waals surface area contributed by atoms with E-state index in [4.69, 9.17) is 22.1 Å². The molecule has 2 N–H and O–H groups in total. The highest BCUT2D eigenvalue weighted by Gasteiger charge is 2.40. The lowest BCUT2D eigenvalue weighted by molar-refractivity contribution is -0.145. The van der Waals surface area contributed by atoms with Crippen molar-refractivity contribution >= 4 is 64.0 Å². The Balaban J connectivity index is 2.23. The highest BCUT2D eigenvalue weighted by molar-refractivity contribution is 8.26. The van der Waals surface area contributed by atoms with Gasteiger partial charge in [-0.2, -0.15) is 11.8 Å². The van der Waals surface area contributed by atoms with Crippen LogP contribution in [0.1, 0.15) is 25.3 Å². The lowest BCUT2D eigenvalue weighted by Crippen LogP contribution is -2.44. The van der Waals surface area contributed by atoms with E-state index in [0.29, 0.717) is 34.8 Å². The fourth-order valence-corrected chi connectivity index (χ4v) is 4.46. The van der Waals surface area contributed by atoms with E-state index in [-0.39, 0.29) is 4.32 Å². The van der Waals surface area contributed by atoms with Gasteiger partial charge in [0.25, 0.3) is 5.91 Å². The molecule has 156 valence electrons. The van der Waals surface area contributed by atoms with Gasteiger partial charge < -0.3 is 14.9 Å². The molecule has 1 fully saturated rings. The van der Waals surface area contributed by atoms with Crippen LogP contribution in [0.2, 0.25) is 0 Å². The molecule has 1 aliphatic heterocycles. The highest BCUT2D eigenvalue weighted by Crippen LogP contribution is 2.35. The van der Waals surface area contributed by atoms with Gasteiger partial charge in [-0.1, -0.05) is 43.0 Å². The van der Waals surface area contributed by atoms with Crippen LogP contribution < -0.4 is 4.74 Å². The van der Waals surface area contributed by atoms with Crippen LogP contribution in [0.15, 0.2) is 29.2 Å². The second-order valence-electron chi connectivity index (χ2n) is 6.11. The first-order valence-electron chi connectivity index (χ1n) is 8.76. The Labute approximate surface area is 182 Å². The summed E-state index contributed by atoms with van der Waals surface area (Å²) in [5, 5.41) is 18.6. The number of carbonyl (C=O) groups is 3. The Kier molecular flexibility index (Phi) is 8.54. The number of benzene rings is 1. The van der Waals surface area contributed by atoms with E-state index in [1.165, 1.54) is 11.8 Å². The Hall–Kier alpha value is -2.04. The lowest BCUT2D eigenvalue weighted by Gasteiger charge is -2.22. The molecule has 7 nitrogen and oxygen atoms in total. The van der Waals surface area contributed by atoms with Crippen LogP contribution in [0, 0.1) is 0 Å². The van der Waals surface area contributed by atoms with Crippen LogP contribution in [-0.4, -0.2) is 61.4 Å². The quantitative estimate of drug-likeness (QED) is 0.406. The van der Waals surface area contributed by atoms with Gasteiger partial charge in [-0.3, -0.25) is 9.69 Å². The van der Waals surface area contributed by atoms with Gasteiger partial charge in [0.1, 0.15) is 16.1 Å². The highest BCUT2D eigenvalue weighted by atomic mass is 32.2. The number of thiocarbonyl (C=S) groups is 1. The average Bonchev–Trinajstić information content (AvgIpc) is 2.94. The molecule has 1 aromatic carbocycles. The number of thioether (sulfide) groups is 2. The first kappa shape index (κ1) is 23.2. The van der Waals surface area contributed by atoms with Crippen molar-refractivity contribution in [3.05, 3.63) is 34.7 Å². The fraction of sp³-hybridized carbons (Fsp3) is 0.368. The van der Waals surface area contributed by atoms with Crippen LogP contribution in [0.3, 0.4) is 0 Å². The van der Waals surface area contributed by atoms with Gasteiger partial charge in [-0.05, 0) is 48.6 Å². The van der Waals surface area contributed by atoms with Gasteiger partial charge in [0.2, 0.25) is 0 Å². The van der Waals surface area contributed by atoms with Gasteiger partial charge in [-0.15, -0.1) is 0 Å². The first-order valence-corrected chi connectivity index (χ1v) is 11.4. The third kappa shape index (κ3) is 5.97. The summed E-state index contributed by atoms with van der Waals surface area (Å²) in [6.45, 7) is 1.71. The summed E-state index contributed by atoms with van der Waals surface area (Å²) in [4.78, 5) is 37.0. The van der Waals surface area contributed by atoms with Crippen molar-refractivity contribution in [3.63, 3.8) is 0 Å². The van der Waals surface area contributed by atoms with Crippen LogP contribution in [0.25, 0.3) is 6.08 Å². The standard InChI is InChI=1S/C19H21NO6S3/c1-3-14(18(24)25)26-12-6-4-5-11(9-12)10-15-16(21)20(19(27)29-15)13(17(22)23)7-8-28-2/h4-6,9-10,13-14H,3,7-8H2,1-2H3,(H,22,23)(H,24,25)/b15-10-. The normalized spacial score (nSPS) is 17.4. The Morgan fingerprint density at radius 2 is 2.07 bits per heavy atom. The molecule has 0 bridgehead atoms. The predicted molar refractivity (Wildman–Crippen MR) is 118 cm³/mol. The molecule has 1 amide bonds. The van der Waals surface area contributed by atoms with Gasteiger partial charge in [0.05, 0.1) is 4.91 Å². The maximum Gasteiger partial charge on any atom is 0.344 e. The molecular weight excluding hydrogens is 434 g/mol. The van der Waals surface area contributed by atoms with E-state index in [1.54, 1.807) is 37.3 Å². The Morgan fingerprint density at radius 1 is 1.34 bits per heavy atom. The summed E-state index contributed by atoms with van der Waals surface area (Å²) in [6, 6.07) is 5.69. The molecule has 0 aromatic heterocycles. The third-order valence-corrected chi connectivity index (χ3v) is 6.07. The number of hydrogen-bond acceptors (Lipinski definition) is 7. The number of carboxylic acids is 2. The summed E-state index contributed by atoms with van der Waals surface area (Å²) < 4.78 is 5.68. The van der Waals surface area contributed by atoms with E-state index < -0.39 is 30.0 Å². The zero-order chi connectivity index (χ0) is 21.6. The molecule has 0 saturated carbocycles. The fourth-order valence-electron chi connectivity index (χ4n) is 2.64. The van der Waals surface area contributed by atoms with Gasteiger partial charge >= 0.3 is 11.9 Å². The number of nitrogens with zero attached hydrogens (tertiary/aromatic N) is 1. The first-order chi connectivity index (χ1) is 13.8. The van der Waals surface area contributed by atoms with Crippen molar-refractivity contribution in [1.82, 2.24) is 4.90 Å². The maximum absolute atomic E-state index is 12.8. The number of rotatable bonds is 10. The molecule has 0 spiro atoms. The lowest BCUT2D eigenvalue weighted by atomic mass is 10.1. The summed E-state index contributed by atoms with van der Waals surface area (Å²) >= 11 is 7.80. The Bertz CT molecular complexity index is 841. The smallest absolute Gasteiger partial charge is 0.344 e. The summed E-state index contributed by atoms with van der Waals surface area (Å²) in [5.74, 6) is -1.63. The molecule has 1 aliphatic rings. The van der Waals surface area contributed by atoms with Crippen LogP contribution in [-0.2, 0) is 14.4 Å². The van der Waals surface area contributed by atoms with Gasteiger partial charge in [0, 0.05) is 0 Å². The monoisotopic (exact) mass is 455 g/mol. The predicted octanol–water partition coefficient (Wildman–Crippen LogP) is 3.34. The number of hydrogen-bond donors (Lipinski definition) is 2. The molecule has 2 unspecified atom stereocenters. The number of carbonyl (C=O) groups excluding carboxylic acids is 1. The SMILES string of the molecule is CCC(Oc1cccc(/C=C2\SC(=S)N(C(CCSC)C(=O)O)C2=O)c1)C(=O)O. The van der Waals surface area contributed by atoms with Gasteiger partial charge in [-0.25, -0.2) is 9.59 Å². The average molecular weight is 456 g/mol. The van der Waals surface area contributed by atoms with E-state index in [1.807, 2.05) is 6.26 Å². The second-order valence-corrected chi connectivity index (χ2v) is 8.77. The summed E-state index contributed by atoms with van der Waals surface area (Å²) in [6.07, 6.45) is 3.11. The van der Waals surface area contributed by atoms with E-state index in [0.717, 1.165) is 16.7 Å². The van der Waals surface area contributed by atoms with E-state index in [9.17, 15) is 19.5 Å². The van der Waals surface area contributed by atoms with Crippen molar-refractivity contribution in [3.8, 4) is 5.75 Å². The zero-order valence-electron chi connectivity index (χ0n) is 15.9. The van der Waals surface area contributed by atoms with Crippen molar-refractivity contribution in [2.24, 2.45) is 0 Å². The maximum atomic E-state index is 12.8. The van der Waals surface area contributed by atoms with Crippen molar-refractivity contribution in [1.29, 1.82) is 0 Å². The molecule has 0 aliphatic carbocycles. The summed E-state index contributed by atoms with van der Waals surface area (Å²) in [5.41, 5.74) is 0.624. The van der Waals surface area contributed by atoms with Gasteiger partial charge in [0.15, 0.2) is 6.10 Å². The van der Waals surface area contributed by atoms with Crippen molar-refractivity contribution in [2.45, 2.75) is 31.9 Å². The molecule has 2 rings (SSSR count). The Morgan fingerprint density at radius 3 is 2.66 bits per heavy atom. The summed E-state index contributed by atoms with van der Waals surface area (Å²) in [7, 11) is 0. The number of aliphatic carboxylic acids is 2. The molecule has 10 heteroatoms. The van der Waals surface area contributed by atoms with Crippen LogP contribution >= 0.6 is 35.7 Å². The van der Waals surface area contributed by atoms with Crippen LogP contribution in [0.4, 0.5) is 0 Å².